The van der Waals surface area contributed by atoms with Gasteiger partial charge < -0.3 is 0 Å². The molecule has 0 radical (unpaired) electrons. The lowest BCUT2D eigenvalue weighted by atomic mass is 9.47. The van der Waals surface area contributed by atoms with E-state index in [0.717, 1.165) is 36.5 Å². The Morgan fingerprint density at radius 1 is 1.07 bits per heavy atom. The van der Waals surface area contributed by atoms with Gasteiger partial charge in [0.15, 0.2) is 0 Å². The normalized spacial score (nSPS) is 43.7. The van der Waals surface area contributed by atoms with Crippen molar-refractivity contribution in [2.24, 2.45) is 46.3 Å². The number of Topliss-reactive ketones (excluding diaryl/α,β-unsaturated/α-hetero) is 1. The maximum absolute atomic E-state index is 12.2. The average Bonchev–Trinajstić information content (AvgIpc) is 3.02. The molecule has 0 spiro atoms. The van der Waals surface area contributed by atoms with Crippen LogP contribution in [0, 0.1) is 46.3 Å². The molecule has 0 heterocycles. The topological polar surface area (TPSA) is 17.1 Å². The Labute approximate surface area is 174 Å². The molecule has 3 fully saturated rings. The first-order valence-electron chi connectivity index (χ1n) is 12.5. The van der Waals surface area contributed by atoms with E-state index in [1.807, 2.05) is 5.57 Å². The van der Waals surface area contributed by atoms with Gasteiger partial charge in [-0.15, -0.1) is 0 Å². The van der Waals surface area contributed by atoms with Crippen molar-refractivity contribution in [2.75, 3.05) is 0 Å². The summed E-state index contributed by atoms with van der Waals surface area (Å²) in [6.45, 7) is 11.8. The van der Waals surface area contributed by atoms with E-state index in [2.05, 4.69) is 40.7 Å². The highest BCUT2D eigenvalue weighted by Crippen LogP contribution is 2.67. The Morgan fingerprint density at radius 2 is 1.86 bits per heavy atom. The fraction of sp³-hybridized carbons (Fsp3) is 0.889. The number of hydrogen-bond donors (Lipinski definition) is 0. The lowest BCUT2D eigenvalue weighted by molar-refractivity contribution is -0.122. The van der Waals surface area contributed by atoms with Gasteiger partial charge in [0.2, 0.25) is 0 Å². The van der Waals surface area contributed by atoms with Crippen LogP contribution in [0.4, 0.5) is 0 Å². The second-order valence-corrected chi connectivity index (χ2v) is 11.8. The van der Waals surface area contributed by atoms with Gasteiger partial charge in [-0.3, -0.25) is 4.79 Å². The third-order valence-corrected chi connectivity index (χ3v) is 10.3. The van der Waals surface area contributed by atoms with Gasteiger partial charge in [-0.25, -0.2) is 0 Å². The predicted molar refractivity (Wildman–Crippen MR) is 118 cm³/mol. The molecule has 0 bridgehead atoms. The molecule has 0 saturated heterocycles. The minimum Gasteiger partial charge on any atom is -0.299 e. The molecule has 0 aliphatic heterocycles. The van der Waals surface area contributed by atoms with E-state index in [1.54, 1.807) is 0 Å². The number of fused-ring (bicyclic) bond motifs is 5. The molecule has 1 unspecified atom stereocenters. The molecular weight excluding hydrogens is 340 g/mol. The Morgan fingerprint density at radius 3 is 2.61 bits per heavy atom. The van der Waals surface area contributed by atoms with Crippen molar-refractivity contribution in [3.05, 3.63) is 11.6 Å². The van der Waals surface area contributed by atoms with E-state index in [4.69, 9.17) is 0 Å². The zero-order chi connectivity index (χ0) is 20.1. The molecule has 28 heavy (non-hydrogen) atoms. The maximum atomic E-state index is 12.2. The molecule has 1 heteroatoms. The van der Waals surface area contributed by atoms with Gasteiger partial charge in [-0.2, -0.15) is 0 Å². The van der Waals surface area contributed by atoms with Crippen molar-refractivity contribution in [3.63, 3.8) is 0 Å². The third kappa shape index (κ3) is 3.24. The van der Waals surface area contributed by atoms with Crippen LogP contribution in [0.2, 0.25) is 0 Å². The summed E-state index contributed by atoms with van der Waals surface area (Å²) in [5, 5.41) is 0. The molecule has 1 nitrogen and oxygen atoms in total. The van der Waals surface area contributed by atoms with Crippen molar-refractivity contribution >= 4 is 5.78 Å². The first-order valence-corrected chi connectivity index (χ1v) is 12.5. The highest BCUT2D eigenvalue weighted by molar-refractivity contribution is 5.80. The zero-order valence-corrected chi connectivity index (χ0v) is 19.2. The van der Waals surface area contributed by atoms with Crippen molar-refractivity contribution in [2.45, 2.75) is 105 Å². The fourth-order valence-electron chi connectivity index (χ4n) is 8.53. The van der Waals surface area contributed by atoms with Crippen LogP contribution < -0.4 is 0 Å². The van der Waals surface area contributed by atoms with Crippen LogP contribution in [0.15, 0.2) is 11.6 Å². The maximum Gasteiger partial charge on any atom is 0.135 e. The lowest BCUT2D eigenvalue weighted by Gasteiger charge is -2.58. The molecule has 7 atom stereocenters. The number of allylic oxidation sites excluding steroid dienone is 2. The summed E-state index contributed by atoms with van der Waals surface area (Å²) in [7, 11) is 0. The third-order valence-electron chi connectivity index (χ3n) is 10.3. The van der Waals surface area contributed by atoms with Gasteiger partial charge in [0, 0.05) is 12.3 Å². The SMILES string of the molecule is CC(C)C(=O)CCC(C)[C@H]1CC[C@H]2[C@@H]3CC=C4CCCC[C@]4(C)[C@H]3CC[C@]12C. The van der Waals surface area contributed by atoms with Crippen LogP contribution >= 0.6 is 0 Å². The van der Waals surface area contributed by atoms with Crippen LogP contribution in [0.3, 0.4) is 0 Å². The van der Waals surface area contributed by atoms with Gasteiger partial charge in [0.25, 0.3) is 0 Å². The summed E-state index contributed by atoms with van der Waals surface area (Å²) in [4.78, 5) is 12.2. The Bertz CT molecular complexity index is 630. The van der Waals surface area contributed by atoms with E-state index in [-0.39, 0.29) is 5.92 Å². The second kappa shape index (κ2) is 7.59. The van der Waals surface area contributed by atoms with Crippen LogP contribution in [0.1, 0.15) is 105 Å². The van der Waals surface area contributed by atoms with E-state index >= 15 is 0 Å². The molecule has 4 aliphatic carbocycles. The van der Waals surface area contributed by atoms with Crippen LogP contribution in [0.25, 0.3) is 0 Å². The number of hydrogen-bond acceptors (Lipinski definition) is 1. The van der Waals surface area contributed by atoms with Crippen molar-refractivity contribution < 1.29 is 4.79 Å². The summed E-state index contributed by atoms with van der Waals surface area (Å²) in [6.07, 6.45) is 17.4. The first kappa shape index (κ1) is 20.7. The number of carbonyl (C=O) groups is 1. The highest BCUT2D eigenvalue weighted by atomic mass is 16.1. The van der Waals surface area contributed by atoms with Crippen LogP contribution in [-0.4, -0.2) is 5.78 Å². The molecule has 0 amide bonds. The van der Waals surface area contributed by atoms with Gasteiger partial charge in [0.1, 0.15) is 5.78 Å². The van der Waals surface area contributed by atoms with Crippen LogP contribution in [-0.2, 0) is 4.79 Å². The van der Waals surface area contributed by atoms with Crippen molar-refractivity contribution in [3.8, 4) is 0 Å². The van der Waals surface area contributed by atoms with E-state index in [0.29, 0.717) is 22.5 Å². The zero-order valence-electron chi connectivity index (χ0n) is 19.2. The Hall–Kier alpha value is -0.590. The molecule has 0 N–H and O–H groups in total. The Balaban J connectivity index is 1.49. The van der Waals surface area contributed by atoms with Gasteiger partial charge in [0.05, 0.1) is 0 Å². The standard InChI is InChI=1S/C27H44O/c1-18(2)25(28)14-9-19(3)22-12-13-23-21-11-10-20-8-6-7-16-26(20,4)24(21)15-17-27(22,23)5/h10,18-19,21-24H,6-9,11-17H2,1-5H3/t19?,21-,22+,23-,24-,26-,27+/m0/s1. The average molecular weight is 385 g/mol. The quantitative estimate of drug-likeness (QED) is 0.446. The smallest absolute Gasteiger partial charge is 0.135 e. The minimum atomic E-state index is 0.203. The summed E-state index contributed by atoms with van der Waals surface area (Å²) in [6, 6.07) is 0. The number of rotatable bonds is 5. The summed E-state index contributed by atoms with van der Waals surface area (Å²) in [5.41, 5.74) is 2.88. The largest absolute Gasteiger partial charge is 0.299 e. The van der Waals surface area contributed by atoms with E-state index in [1.165, 1.54) is 57.8 Å². The molecule has 0 aromatic carbocycles. The molecule has 0 aromatic heterocycles. The summed E-state index contributed by atoms with van der Waals surface area (Å²) < 4.78 is 0. The van der Waals surface area contributed by atoms with E-state index < -0.39 is 0 Å². The fourth-order valence-corrected chi connectivity index (χ4v) is 8.53. The summed E-state index contributed by atoms with van der Waals surface area (Å²) in [5.74, 6) is 5.01. The number of ketones is 1. The monoisotopic (exact) mass is 384 g/mol. The van der Waals surface area contributed by atoms with Gasteiger partial charge in [-0.1, -0.05) is 52.7 Å². The van der Waals surface area contributed by atoms with Crippen molar-refractivity contribution in [1.29, 1.82) is 0 Å². The summed E-state index contributed by atoms with van der Waals surface area (Å²) >= 11 is 0. The predicted octanol–water partition coefficient (Wildman–Crippen LogP) is 7.60. The van der Waals surface area contributed by atoms with E-state index in [9.17, 15) is 4.79 Å². The first-order chi connectivity index (χ1) is 13.3. The lowest BCUT2D eigenvalue weighted by Crippen LogP contribution is -2.50. The highest BCUT2D eigenvalue weighted by Gasteiger charge is 2.58. The van der Waals surface area contributed by atoms with Crippen molar-refractivity contribution in [1.82, 2.24) is 0 Å². The van der Waals surface area contributed by atoms with Gasteiger partial charge >= 0.3 is 0 Å². The second-order valence-electron chi connectivity index (χ2n) is 11.8. The number of carbonyl (C=O) groups excluding carboxylic acids is 1. The molecule has 4 rings (SSSR count). The molecular formula is C27H44O. The minimum absolute atomic E-state index is 0.203. The van der Waals surface area contributed by atoms with Crippen LogP contribution in [0.5, 0.6) is 0 Å². The van der Waals surface area contributed by atoms with Gasteiger partial charge in [-0.05, 0) is 98.2 Å². The molecule has 3 saturated carbocycles. The Kier molecular flexibility index (Phi) is 5.60. The molecule has 0 aromatic rings. The molecule has 158 valence electrons. The molecule has 4 aliphatic rings.